The van der Waals surface area contributed by atoms with Crippen molar-refractivity contribution < 1.29 is 22.1 Å². The number of halogens is 4. The van der Waals surface area contributed by atoms with Gasteiger partial charge in [-0.1, -0.05) is 17.7 Å². The van der Waals surface area contributed by atoms with Crippen LogP contribution >= 0.6 is 11.6 Å². The molecule has 0 saturated carbocycles. The monoisotopic (exact) mass is 617 g/mol. The van der Waals surface area contributed by atoms with Gasteiger partial charge >= 0.3 is 0 Å². The van der Waals surface area contributed by atoms with Crippen molar-refractivity contribution in [2.45, 2.75) is 43.7 Å². The Bertz CT molecular complexity index is 1670. The molecule has 2 unspecified atom stereocenters. The Labute approximate surface area is 249 Å². The number of rotatable bonds is 9. The second-order valence-electron chi connectivity index (χ2n) is 10.6. The molecule has 1 aliphatic heterocycles. The van der Waals surface area contributed by atoms with E-state index in [1.54, 1.807) is 13.1 Å². The first kappa shape index (κ1) is 30.3. The highest BCUT2D eigenvalue weighted by Crippen LogP contribution is 2.40. The Balaban J connectivity index is 1.63. The summed E-state index contributed by atoms with van der Waals surface area (Å²) in [6.07, 6.45) is 3.80. The summed E-state index contributed by atoms with van der Waals surface area (Å²) < 4.78 is 65.7. The SMILES string of the molecule is COc1c(Cl)ccc(-c2c(C)c(CC3=C(F)CCC=C3F)c3n(c2=O)C(CN(C)CCc2ccccn2)CS3=O)c1F. The van der Waals surface area contributed by atoms with Crippen LogP contribution in [-0.2, 0) is 23.6 Å². The summed E-state index contributed by atoms with van der Waals surface area (Å²) in [5.74, 6) is -2.17. The average Bonchev–Trinajstić information content (AvgIpc) is 3.28. The molecule has 0 spiro atoms. The number of fused-ring (bicyclic) bond motifs is 1. The van der Waals surface area contributed by atoms with Gasteiger partial charge in [-0.25, -0.2) is 13.2 Å². The van der Waals surface area contributed by atoms with Gasteiger partial charge in [0.25, 0.3) is 5.56 Å². The lowest BCUT2D eigenvalue weighted by Gasteiger charge is -2.24. The number of allylic oxidation sites excluding steroid dienone is 4. The number of hydrogen-bond acceptors (Lipinski definition) is 5. The van der Waals surface area contributed by atoms with E-state index < -0.39 is 39.9 Å². The van der Waals surface area contributed by atoms with Gasteiger partial charge in [-0.2, -0.15) is 0 Å². The minimum Gasteiger partial charge on any atom is -0.492 e. The van der Waals surface area contributed by atoms with E-state index in [0.29, 0.717) is 30.6 Å². The fourth-order valence-electron chi connectivity index (χ4n) is 5.70. The van der Waals surface area contributed by atoms with E-state index in [1.807, 2.05) is 30.1 Å². The summed E-state index contributed by atoms with van der Waals surface area (Å²) in [6.45, 7) is 2.61. The maximum atomic E-state index is 15.7. The predicted octanol–water partition coefficient (Wildman–Crippen LogP) is 6.27. The predicted molar refractivity (Wildman–Crippen MR) is 158 cm³/mol. The third kappa shape index (κ3) is 5.72. The minimum atomic E-state index is -1.63. The van der Waals surface area contributed by atoms with Crippen LogP contribution in [0.2, 0.25) is 5.02 Å². The summed E-state index contributed by atoms with van der Waals surface area (Å²) in [7, 11) is 1.55. The molecule has 6 nitrogen and oxygen atoms in total. The standard InChI is InChI=1S/C31H31ClF3N3O3S/c1-18-22(15-23-25(33)8-6-9-26(23)34)31-38(30(39)27(18)21-10-11-24(32)29(41-3)28(21)35)20(17-42(31)40)16-37(2)14-12-19-7-4-5-13-36-19/h4-5,7-8,10-11,13,20H,6,9,12,14-17H2,1-3H3. The van der Waals surface area contributed by atoms with Gasteiger partial charge in [0.2, 0.25) is 0 Å². The molecule has 0 bridgehead atoms. The summed E-state index contributed by atoms with van der Waals surface area (Å²) in [6, 6.07) is 8.00. The van der Waals surface area contributed by atoms with E-state index in [4.69, 9.17) is 16.3 Å². The molecule has 2 aliphatic rings. The van der Waals surface area contributed by atoms with Crippen LogP contribution in [0.3, 0.4) is 0 Å². The smallest absolute Gasteiger partial charge is 0.260 e. The van der Waals surface area contributed by atoms with Crippen molar-refractivity contribution in [1.29, 1.82) is 0 Å². The van der Waals surface area contributed by atoms with Gasteiger partial charge in [-0.15, -0.1) is 0 Å². The van der Waals surface area contributed by atoms with Crippen molar-refractivity contribution in [2.75, 3.05) is 33.0 Å². The van der Waals surface area contributed by atoms with Crippen molar-refractivity contribution in [3.8, 4) is 16.9 Å². The molecule has 0 radical (unpaired) electrons. The van der Waals surface area contributed by atoms with E-state index in [1.165, 1.54) is 29.9 Å². The Kier molecular flexibility index (Phi) is 9.05. The van der Waals surface area contributed by atoms with Crippen molar-refractivity contribution in [1.82, 2.24) is 14.5 Å². The van der Waals surface area contributed by atoms with Gasteiger partial charge in [0.05, 0.1) is 40.3 Å². The Morgan fingerprint density at radius 2 is 2.00 bits per heavy atom. The van der Waals surface area contributed by atoms with Gasteiger partial charge in [0.1, 0.15) is 16.7 Å². The molecule has 3 heterocycles. The summed E-state index contributed by atoms with van der Waals surface area (Å²) in [5, 5.41) is 0.262. The maximum absolute atomic E-state index is 15.7. The number of methoxy groups -OCH3 is 1. The van der Waals surface area contributed by atoms with Crippen LogP contribution in [0.4, 0.5) is 13.2 Å². The molecular formula is C31H31ClF3N3O3S. The molecule has 0 saturated heterocycles. The van der Waals surface area contributed by atoms with Gasteiger partial charge in [-0.05, 0) is 61.9 Å². The van der Waals surface area contributed by atoms with Crippen LogP contribution in [0.1, 0.15) is 35.7 Å². The van der Waals surface area contributed by atoms with Gasteiger partial charge in [0.15, 0.2) is 11.6 Å². The molecule has 42 heavy (non-hydrogen) atoms. The van der Waals surface area contributed by atoms with Crippen LogP contribution < -0.4 is 10.3 Å². The van der Waals surface area contributed by atoms with Crippen LogP contribution in [0.5, 0.6) is 5.75 Å². The Hall–Kier alpha value is -3.21. The fraction of sp³-hybridized carbons (Fsp3) is 0.355. The maximum Gasteiger partial charge on any atom is 0.260 e. The van der Waals surface area contributed by atoms with Gasteiger partial charge < -0.3 is 9.64 Å². The second-order valence-corrected chi connectivity index (χ2v) is 12.4. The summed E-state index contributed by atoms with van der Waals surface area (Å²) in [5.41, 5.74) is 0.876. The van der Waals surface area contributed by atoms with E-state index >= 15 is 4.39 Å². The first-order valence-corrected chi connectivity index (χ1v) is 15.3. The van der Waals surface area contributed by atoms with Gasteiger partial charge in [-0.3, -0.25) is 18.6 Å². The largest absolute Gasteiger partial charge is 0.492 e. The zero-order valence-electron chi connectivity index (χ0n) is 23.6. The molecule has 5 rings (SSSR count). The lowest BCUT2D eigenvalue weighted by Crippen LogP contribution is -2.35. The molecule has 222 valence electrons. The molecule has 1 aliphatic carbocycles. The number of hydrogen-bond donors (Lipinski definition) is 0. The van der Waals surface area contributed by atoms with E-state index in [9.17, 15) is 17.8 Å². The lowest BCUT2D eigenvalue weighted by atomic mass is 9.92. The summed E-state index contributed by atoms with van der Waals surface area (Å²) in [4.78, 5) is 20.6. The third-order valence-corrected chi connectivity index (χ3v) is 9.70. The molecule has 1 aromatic carbocycles. The minimum absolute atomic E-state index is 0.0162. The zero-order chi connectivity index (χ0) is 30.1. The molecule has 2 atom stereocenters. The first-order valence-electron chi connectivity index (χ1n) is 13.6. The third-order valence-electron chi connectivity index (χ3n) is 7.84. The van der Waals surface area contributed by atoms with Gasteiger partial charge in [0, 0.05) is 55.4 Å². The van der Waals surface area contributed by atoms with Crippen molar-refractivity contribution in [3.63, 3.8) is 0 Å². The van der Waals surface area contributed by atoms with Crippen LogP contribution in [0.25, 0.3) is 11.1 Å². The van der Waals surface area contributed by atoms with Crippen molar-refractivity contribution in [3.05, 3.63) is 97.8 Å². The highest BCUT2D eigenvalue weighted by Gasteiger charge is 2.36. The number of ether oxygens (including phenoxy) is 1. The fourth-order valence-corrected chi connectivity index (χ4v) is 7.63. The second kappa shape index (κ2) is 12.6. The highest BCUT2D eigenvalue weighted by atomic mass is 35.5. The molecule has 3 aromatic rings. The normalized spacial score (nSPS) is 18.4. The van der Waals surface area contributed by atoms with Crippen LogP contribution in [0.15, 0.2) is 69.7 Å². The first-order chi connectivity index (χ1) is 20.1. The Morgan fingerprint density at radius 1 is 1.21 bits per heavy atom. The van der Waals surface area contributed by atoms with Crippen molar-refractivity contribution in [2.24, 2.45) is 0 Å². The summed E-state index contributed by atoms with van der Waals surface area (Å²) >= 11 is 6.13. The number of nitrogens with zero attached hydrogens (tertiary/aromatic N) is 3. The van der Waals surface area contributed by atoms with Crippen LogP contribution in [0, 0.1) is 12.7 Å². The molecule has 2 aromatic heterocycles. The number of pyridine rings is 2. The number of benzene rings is 1. The molecule has 11 heteroatoms. The topological polar surface area (TPSA) is 64.4 Å². The van der Waals surface area contributed by atoms with E-state index in [2.05, 4.69) is 4.98 Å². The van der Waals surface area contributed by atoms with Crippen LogP contribution in [-0.4, -0.2) is 51.7 Å². The molecule has 0 fully saturated rings. The van der Waals surface area contributed by atoms with Crippen molar-refractivity contribution >= 4 is 22.4 Å². The lowest BCUT2D eigenvalue weighted by molar-refractivity contribution is 0.285. The molecular weight excluding hydrogens is 587 g/mol. The Morgan fingerprint density at radius 3 is 2.69 bits per heavy atom. The number of aromatic nitrogens is 2. The highest BCUT2D eigenvalue weighted by molar-refractivity contribution is 7.85. The zero-order valence-corrected chi connectivity index (χ0v) is 25.1. The number of likely N-dealkylation sites (N-methyl/N-ethyl adjacent to an activating group) is 1. The molecule has 0 N–H and O–H groups in total. The van der Waals surface area contributed by atoms with E-state index in [-0.39, 0.29) is 57.5 Å². The molecule has 0 amide bonds. The van der Waals surface area contributed by atoms with E-state index in [0.717, 1.165) is 5.69 Å². The quantitative estimate of drug-likeness (QED) is 0.283. The average molecular weight is 618 g/mol.